The Kier molecular flexibility index (Phi) is 7.94. The zero-order valence-electron chi connectivity index (χ0n) is 15.2. The molecule has 0 spiro atoms. The van der Waals surface area contributed by atoms with Crippen LogP contribution in [0.25, 0.3) is 0 Å². The zero-order chi connectivity index (χ0) is 19.6. The fourth-order valence-electron chi connectivity index (χ4n) is 2.18. The Balaban J connectivity index is 1.65. The second-order valence-corrected chi connectivity index (χ2v) is 6.84. The van der Waals surface area contributed by atoms with Crippen LogP contribution in [-0.4, -0.2) is 38.2 Å². The van der Waals surface area contributed by atoms with Crippen molar-refractivity contribution in [3.05, 3.63) is 59.1 Å². The Labute approximate surface area is 167 Å². The molecule has 7 nitrogen and oxygen atoms in total. The van der Waals surface area contributed by atoms with Crippen LogP contribution in [0.2, 0.25) is 0 Å². The number of hydrogen-bond acceptors (Lipinski definition) is 4. The van der Waals surface area contributed by atoms with Crippen LogP contribution in [0, 0.1) is 0 Å². The number of benzene rings is 2. The van der Waals surface area contributed by atoms with E-state index in [0.29, 0.717) is 12.3 Å². The van der Waals surface area contributed by atoms with Crippen LogP contribution >= 0.6 is 15.9 Å². The highest BCUT2D eigenvalue weighted by atomic mass is 79.9. The van der Waals surface area contributed by atoms with Gasteiger partial charge in [-0.1, -0.05) is 34.1 Å². The topological polar surface area (TPSA) is 82.7 Å². The lowest BCUT2D eigenvalue weighted by molar-refractivity contribution is -0.123. The molecule has 0 saturated carbocycles. The Bertz CT molecular complexity index is 740. The van der Waals surface area contributed by atoms with Crippen LogP contribution in [-0.2, 0) is 4.79 Å². The van der Waals surface area contributed by atoms with E-state index in [4.69, 9.17) is 4.74 Å². The maximum atomic E-state index is 11.8. The van der Waals surface area contributed by atoms with E-state index < -0.39 is 11.9 Å². The Morgan fingerprint density at radius 2 is 1.74 bits per heavy atom. The number of nitrogens with one attached hydrogen (secondary N) is 3. The molecule has 0 heterocycles. The number of nitrogens with zero attached hydrogens (tertiary/aromatic N) is 1. The Hall–Kier alpha value is -2.74. The average Bonchev–Trinajstić information content (AvgIpc) is 2.70. The quantitative estimate of drug-likeness (QED) is 0.585. The predicted molar refractivity (Wildman–Crippen MR) is 109 cm³/mol. The Morgan fingerprint density at radius 3 is 2.41 bits per heavy atom. The summed E-state index contributed by atoms with van der Waals surface area (Å²) in [5, 5.41) is 2.72. The zero-order valence-corrected chi connectivity index (χ0v) is 16.8. The lowest BCUT2D eigenvalue weighted by atomic mass is 10.2. The van der Waals surface area contributed by atoms with Gasteiger partial charge in [-0.25, -0.2) is 10.2 Å². The summed E-state index contributed by atoms with van der Waals surface area (Å²) < 4.78 is 6.24. The molecule has 2 aromatic carbocycles. The number of amides is 3. The molecule has 0 aliphatic heterocycles. The van der Waals surface area contributed by atoms with E-state index in [0.717, 1.165) is 10.2 Å². The molecule has 8 heteroatoms. The van der Waals surface area contributed by atoms with Gasteiger partial charge < -0.3 is 15.0 Å². The molecular formula is C19H23BrN4O3. The average molecular weight is 435 g/mol. The van der Waals surface area contributed by atoms with Gasteiger partial charge in [0.25, 0.3) is 5.91 Å². The summed E-state index contributed by atoms with van der Waals surface area (Å²) in [6.07, 6.45) is 0. The van der Waals surface area contributed by atoms with Gasteiger partial charge in [0.15, 0.2) is 6.61 Å². The molecule has 0 aliphatic rings. The molecule has 3 N–H and O–H groups in total. The van der Waals surface area contributed by atoms with Crippen molar-refractivity contribution in [3.63, 3.8) is 0 Å². The molecule has 27 heavy (non-hydrogen) atoms. The van der Waals surface area contributed by atoms with E-state index in [-0.39, 0.29) is 12.6 Å². The van der Waals surface area contributed by atoms with Gasteiger partial charge in [-0.3, -0.25) is 10.2 Å². The molecule has 2 aromatic rings. The number of carbonyl (C=O) groups excluding carboxylic acids is 2. The monoisotopic (exact) mass is 434 g/mol. The normalized spacial score (nSPS) is 11.2. The standard InChI is InChI=1S/C19H23BrN4O3/c1-14(24(2)16-6-4-3-5-7-16)12-21-19(26)23-22-18(25)13-27-17-10-8-15(20)9-11-17/h3-11,14H,12-13H2,1-2H3,(H,22,25)(H2,21,23,26). The van der Waals surface area contributed by atoms with Gasteiger partial charge in [0, 0.05) is 29.8 Å². The van der Waals surface area contributed by atoms with Gasteiger partial charge in [0.1, 0.15) is 5.75 Å². The molecular weight excluding hydrogens is 412 g/mol. The van der Waals surface area contributed by atoms with Crippen molar-refractivity contribution in [2.45, 2.75) is 13.0 Å². The molecule has 0 aromatic heterocycles. The highest BCUT2D eigenvalue weighted by Crippen LogP contribution is 2.16. The minimum atomic E-state index is -0.486. The summed E-state index contributed by atoms with van der Waals surface area (Å²) in [6.45, 7) is 2.22. The maximum Gasteiger partial charge on any atom is 0.333 e. The lowest BCUT2D eigenvalue weighted by Gasteiger charge is -2.27. The summed E-state index contributed by atoms with van der Waals surface area (Å²) in [5.41, 5.74) is 5.67. The van der Waals surface area contributed by atoms with Crippen molar-refractivity contribution in [2.75, 3.05) is 25.1 Å². The molecule has 0 fully saturated rings. The van der Waals surface area contributed by atoms with Crippen LogP contribution in [0.3, 0.4) is 0 Å². The second kappa shape index (κ2) is 10.4. The molecule has 3 amide bonds. The Morgan fingerprint density at radius 1 is 1.07 bits per heavy atom. The first kappa shape index (κ1) is 20.6. The predicted octanol–water partition coefficient (Wildman–Crippen LogP) is 2.68. The SMILES string of the molecule is CC(CNC(=O)NNC(=O)COc1ccc(Br)cc1)N(C)c1ccccc1. The third-order valence-electron chi connectivity index (χ3n) is 3.88. The number of ether oxygens (including phenoxy) is 1. The third-order valence-corrected chi connectivity index (χ3v) is 4.41. The van der Waals surface area contributed by atoms with Crippen LogP contribution in [0.1, 0.15) is 6.92 Å². The van der Waals surface area contributed by atoms with Crippen molar-refractivity contribution in [3.8, 4) is 5.75 Å². The number of para-hydroxylation sites is 1. The van der Waals surface area contributed by atoms with Gasteiger partial charge in [0.2, 0.25) is 0 Å². The second-order valence-electron chi connectivity index (χ2n) is 5.92. The van der Waals surface area contributed by atoms with Crippen molar-refractivity contribution in [2.24, 2.45) is 0 Å². The van der Waals surface area contributed by atoms with Gasteiger partial charge in [-0.15, -0.1) is 0 Å². The van der Waals surface area contributed by atoms with Crippen LogP contribution in [0.4, 0.5) is 10.5 Å². The first-order valence-corrected chi connectivity index (χ1v) is 9.24. The van der Waals surface area contributed by atoms with Gasteiger partial charge in [0.05, 0.1) is 0 Å². The largest absolute Gasteiger partial charge is 0.484 e. The van der Waals surface area contributed by atoms with Crippen molar-refractivity contribution in [1.29, 1.82) is 0 Å². The number of likely N-dealkylation sites (N-methyl/N-ethyl adjacent to an activating group) is 1. The number of carbonyl (C=O) groups is 2. The fourth-order valence-corrected chi connectivity index (χ4v) is 2.45. The highest BCUT2D eigenvalue weighted by molar-refractivity contribution is 9.10. The van der Waals surface area contributed by atoms with Gasteiger partial charge >= 0.3 is 6.03 Å². The maximum absolute atomic E-state index is 11.8. The van der Waals surface area contributed by atoms with Crippen LogP contribution < -0.4 is 25.8 Å². The molecule has 0 bridgehead atoms. The van der Waals surface area contributed by atoms with Crippen LogP contribution in [0.5, 0.6) is 5.75 Å². The number of urea groups is 1. The smallest absolute Gasteiger partial charge is 0.333 e. The number of anilines is 1. The molecule has 0 saturated heterocycles. The van der Waals surface area contributed by atoms with Crippen molar-refractivity contribution >= 4 is 33.6 Å². The first-order chi connectivity index (χ1) is 13.0. The highest BCUT2D eigenvalue weighted by Gasteiger charge is 2.11. The van der Waals surface area contributed by atoms with E-state index in [2.05, 4.69) is 37.0 Å². The molecule has 0 aliphatic carbocycles. The number of hydrogen-bond donors (Lipinski definition) is 3. The summed E-state index contributed by atoms with van der Waals surface area (Å²) in [6, 6.07) is 16.6. The number of halogens is 1. The minimum absolute atomic E-state index is 0.0783. The van der Waals surface area contributed by atoms with E-state index in [1.807, 2.05) is 56.4 Å². The summed E-state index contributed by atoms with van der Waals surface area (Å²) in [4.78, 5) is 25.6. The van der Waals surface area contributed by atoms with Crippen molar-refractivity contribution < 1.29 is 14.3 Å². The molecule has 1 unspecified atom stereocenters. The third kappa shape index (κ3) is 7.18. The summed E-state index contributed by atoms with van der Waals surface area (Å²) >= 11 is 3.32. The molecule has 2 rings (SSSR count). The van der Waals surface area contributed by atoms with Crippen LogP contribution in [0.15, 0.2) is 59.1 Å². The summed E-state index contributed by atoms with van der Waals surface area (Å²) in [5.74, 6) is 0.109. The van der Waals surface area contributed by atoms with Gasteiger partial charge in [-0.2, -0.15) is 0 Å². The summed E-state index contributed by atoms with van der Waals surface area (Å²) in [7, 11) is 1.96. The number of hydrazine groups is 1. The molecule has 0 radical (unpaired) electrons. The van der Waals surface area contributed by atoms with Crippen molar-refractivity contribution in [1.82, 2.24) is 16.2 Å². The minimum Gasteiger partial charge on any atom is -0.484 e. The van der Waals surface area contributed by atoms with E-state index in [1.54, 1.807) is 12.1 Å². The molecule has 144 valence electrons. The van der Waals surface area contributed by atoms with E-state index in [1.165, 1.54) is 0 Å². The fraction of sp³-hybridized carbons (Fsp3) is 0.263. The van der Waals surface area contributed by atoms with E-state index >= 15 is 0 Å². The number of rotatable bonds is 7. The lowest BCUT2D eigenvalue weighted by Crippen LogP contribution is -2.50. The van der Waals surface area contributed by atoms with Gasteiger partial charge in [-0.05, 0) is 43.3 Å². The van der Waals surface area contributed by atoms with E-state index in [9.17, 15) is 9.59 Å². The molecule has 1 atom stereocenters. The first-order valence-electron chi connectivity index (χ1n) is 8.44.